The molecular weight excluding hydrogens is 323 g/mol. The molecule has 1 heterocycles. The predicted molar refractivity (Wildman–Crippen MR) is 92.7 cm³/mol. The fraction of sp³-hybridized carbons (Fsp3) is 0.278. The molecule has 0 aliphatic rings. The van der Waals surface area contributed by atoms with Crippen LogP contribution in [0.1, 0.15) is 26.3 Å². The van der Waals surface area contributed by atoms with E-state index in [4.69, 9.17) is 0 Å². The highest BCUT2D eigenvalue weighted by molar-refractivity contribution is 5.99. The molecule has 2 amide bonds. The Balaban J connectivity index is 1.93. The summed E-state index contributed by atoms with van der Waals surface area (Å²) in [6.45, 7) is 1.49. The Morgan fingerprint density at radius 3 is 2.24 bits per heavy atom. The molecule has 0 aliphatic heterocycles. The molecule has 2 aromatic rings. The lowest BCUT2D eigenvalue weighted by molar-refractivity contribution is 0.0950. The van der Waals surface area contributed by atoms with Crippen molar-refractivity contribution >= 4 is 11.8 Å². The Kier molecular flexibility index (Phi) is 6.59. The molecule has 0 bridgehead atoms. The second-order valence-electron chi connectivity index (χ2n) is 5.83. The highest BCUT2D eigenvalue weighted by Crippen LogP contribution is 2.05. The molecule has 0 unspecified atom stereocenters. The first-order chi connectivity index (χ1) is 12.0. The van der Waals surface area contributed by atoms with Crippen LogP contribution in [0.5, 0.6) is 0 Å². The van der Waals surface area contributed by atoms with Crippen molar-refractivity contribution < 1.29 is 14.0 Å². The third-order valence-electron chi connectivity index (χ3n) is 3.47. The first kappa shape index (κ1) is 18.5. The van der Waals surface area contributed by atoms with Gasteiger partial charge in [-0.2, -0.15) is 0 Å². The molecule has 0 saturated heterocycles. The van der Waals surface area contributed by atoms with Crippen LogP contribution in [0.4, 0.5) is 4.39 Å². The monoisotopic (exact) mass is 344 g/mol. The highest BCUT2D eigenvalue weighted by Gasteiger charge is 2.11. The number of amides is 2. The van der Waals surface area contributed by atoms with E-state index in [0.717, 1.165) is 12.1 Å². The van der Waals surface area contributed by atoms with Crippen LogP contribution in [0.3, 0.4) is 0 Å². The van der Waals surface area contributed by atoms with Crippen LogP contribution in [-0.4, -0.2) is 48.9 Å². The standard InChI is InChI=1S/C18H21FN4O2/c1-23(2)8-7-21-17(24)14-9-15(12-20-11-14)18(25)22-10-13-3-5-16(19)6-4-13/h3-6,9,11-12H,7-8,10H2,1-2H3,(H,21,24)(H,22,25). The van der Waals surface area contributed by atoms with Gasteiger partial charge in [0.25, 0.3) is 11.8 Å². The number of hydrogen-bond donors (Lipinski definition) is 2. The number of carbonyl (C=O) groups is 2. The molecule has 0 saturated carbocycles. The van der Waals surface area contributed by atoms with E-state index in [0.29, 0.717) is 17.7 Å². The largest absolute Gasteiger partial charge is 0.351 e. The number of carbonyl (C=O) groups excluding carboxylic acids is 2. The number of benzene rings is 1. The average Bonchev–Trinajstić information content (AvgIpc) is 2.60. The second kappa shape index (κ2) is 8.89. The zero-order valence-corrected chi connectivity index (χ0v) is 14.3. The number of halogens is 1. The SMILES string of the molecule is CN(C)CCNC(=O)c1cncc(C(=O)NCc2ccc(F)cc2)c1. The molecule has 0 atom stereocenters. The van der Waals surface area contributed by atoms with Gasteiger partial charge in [-0.25, -0.2) is 4.39 Å². The van der Waals surface area contributed by atoms with E-state index in [-0.39, 0.29) is 24.2 Å². The fourth-order valence-electron chi connectivity index (χ4n) is 2.07. The lowest BCUT2D eigenvalue weighted by Crippen LogP contribution is -2.31. The van der Waals surface area contributed by atoms with Crippen molar-refractivity contribution in [3.05, 3.63) is 65.2 Å². The minimum atomic E-state index is -0.347. The molecule has 1 aromatic carbocycles. The first-order valence-corrected chi connectivity index (χ1v) is 7.86. The van der Waals surface area contributed by atoms with Crippen molar-refractivity contribution in [3.8, 4) is 0 Å². The second-order valence-corrected chi connectivity index (χ2v) is 5.83. The Morgan fingerprint density at radius 1 is 1.04 bits per heavy atom. The van der Waals surface area contributed by atoms with Gasteiger partial charge in [0, 0.05) is 32.0 Å². The summed E-state index contributed by atoms with van der Waals surface area (Å²) in [6, 6.07) is 7.37. The zero-order valence-electron chi connectivity index (χ0n) is 14.3. The summed E-state index contributed by atoms with van der Waals surface area (Å²) in [4.78, 5) is 30.2. The molecule has 7 heteroatoms. The maximum Gasteiger partial charge on any atom is 0.253 e. The lowest BCUT2D eigenvalue weighted by atomic mass is 10.1. The van der Waals surface area contributed by atoms with Gasteiger partial charge in [-0.1, -0.05) is 12.1 Å². The Labute approximate surface area is 146 Å². The third-order valence-corrected chi connectivity index (χ3v) is 3.47. The normalized spacial score (nSPS) is 10.6. The van der Waals surface area contributed by atoms with E-state index < -0.39 is 0 Å². The minimum absolute atomic E-state index is 0.262. The third kappa shape index (κ3) is 5.96. The summed E-state index contributed by atoms with van der Waals surface area (Å²) in [5, 5.41) is 5.49. The van der Waals surface area contributed by atoms with E-state index in [1.54, 1.807) is 12.1 Å². The number of aromatic nitrogens is 1. The molecule has 2 rings (SSSR count). The van der Waals surface area contributed by atoms with Crippen molar-refractivity contribution in [3.63, 3.8) is 0 Å². The highest BCUT2D eigenvalue weighted by atomic mass is 19.1. The first-order valence-electron chi connectivity index (χ1n) is 7.86. The maximum absolute atomic E-state index is 12.9. The van der Waals surface area contributed by atoms with E-state index in [1.165, 1.54) is 30.6 Å². The smallest absolute Gasteiger partial charge is 0.253 e. The predicted octanol–water partition coefficient (Wildman–Crippen LogP) is 1.44. The summed E-state index contributed by atoms with van der Waals surface area (Å²) in [5.74, 6) is -0.949. The van der Waals surface area contributed by atoms with E-state index in [9.17, 15) is 14.0 Å². The van der Waals surface area contributed by atoms with E-state index in [2.05, 4.69) is 15.6 Å². The summed E-state index contributed by atoms with van der Waals surface area (Å²) in [7, 11) is 3.83. The van der Waals surface area contributed by atoms with Crippen LogP contribution < -0.4 is 10.6 Å². The number of nitrogens with zero attached hydrogens (tertiary/aromatic N) is 2. The summed E-state index contributed by atoms with van der Waals surface area (Å²) in [5.41, 5.74) is 1.40. The molecule has 25 heavy (non-hydrogen) atoms. The Bertz CT molecular complexity index is 732. The van der Waals surface area contributed by atoms with Crippen molar-refractivity contribution in [2.24, 2.45) is 0 Å². The molecule has 132 valence electrons. The molecule has 0 spiro atoms. The van der Waals surface area contributed by atoms with Gasteiger partial charge in [-0.3, -0.25) is 14.6 Å². The molecule has 2 N–H and O–H groups in total. The summed E-state index contributed by atoms with van der Waals surface area (Å²) >= 11 is 0. The van der Waals surface area contributed by atoms with Crippen LogP contribution in [0.2, 0.25) is 0 Å². The van der Waals surface area contributed by atoms with Crippen molar-refractivity contribution in [2.45, 2.75) is 6.54 Å². The number of hydrogen-bond acceptors (Lipinski definition) is 4. The minimum Gasteiger partial charge on any atom is -0.351 e. The van der Waals surface area contributed by atoms with Gasteiger partial charge in [0.05, 0.1) is 11.1 Å². The van der Waals surface area contributed by atoms with Crippen LogP contribution in [0.25, 0.3) is 0 Å². The van der Waals surface area contributed by atoms with Gasteiger partial charge < -0.3 is 15.5 Å². The number of pyridine rings is 1. The fourth-order valence-corrected chi connectivity index (χ4v) is 2.07. The quantitative estimate of drug-likeness (QED) is 0.797. The molecule has 0 fully saturated rings. The topological polar surface area (TPSA) is 74.3 Å². The van der Waals surface area contributed by atoms with Crippen molar-refractivity contribution in [1.82, 2.24) is 20.5 Å². The van der Waals surface area contributed by atoms with Gasteiger partial charge in [-0.05, 0) is 37.9 Å². The maximum atomic E-state index is 12.9. The summed E-state index contributed by atoms with van der Waals surface area (Å²) < 4.78 is 12.9. The van der Waals surface area contributed by atoms with Crippen LogP contribution in [0.15, 0.2) is 42.7 Å². The number of rotatable bonds is 7. The van der Waals surface area contributed by atoms with E-state index >= 15 is 0 Å². The molecule has 1 aromatic heterocycles. The van der Waals surface area contributed by atoms with Gasteiger partial charge in [0.15, 0.2) is 0 Å². The molecule has 6 nitrogen and oxygen atoms in total. The average molecular weight is 344 g/mol. The van der Waals surface area contributed by atoms with Gasteiger partial charge >= 0.3 is 0 Å². The van der Waals surface area contributed by atoms with Gasteiger partial charge in [0.1, 0.15) is 5.82 Å². The zero-order chi connectivity index (χ0) is 18.2. The lowest BCUT2D eigenvalue weighted by Gasteiger charge is -2.11. The molecule has 0 aliphatic carbocycles. The summed E-state index contributed by atoms with van der Waals surface area (Å²) in [6.07, 6.45) is 2.82. The van der Waals surface area contributed by atoms with Crippen LogP contribution >= 0.6 is 0 Å². The number of nitrogens with one attached hydrogen (secondary N) is 2. The van der Waals surface area contributed by atoms with Gasteiger partial charge in [-0.15, -0.1) is 0 Å². The van der Waals surface area contributed by atoms with Crippen LogP contribution in [-0.2, 0) is 6.54 Å². The van der Waals surface area contributed by atoms with Gasteiger partial charge in [0.2, 0.25) is 0 Å². The molecule has 0 radical (unpaired) electrons. The van der Waals surface area contributed by atoms with Crippen molar-refractivity contribution in [2.75, 3.05) is 27.2 Å². The Morgan fingerprint density at radius 2 is 1.64 bits per heavy atom. The Hall–Kier alpha value is -2.80. The van der Waals surface area contributed by atoms with Crippen LogP contribution in [0, 0.1) is 5.82 Å². The number of likely N-dealkylation sites (N-methyl/N-ethyl adjacent to an activating group) is 1. The molecular formula is C18H21FN4O2. The van der Waals surface area contributed by atoms with E-state index in [1.807, 2.05) is 19.0 Å². The van der Waals surface area contributed by atoms with Crippen molar-refractivity contribution in [1.29, 1.82) is 0 Å².